The van der Waals surface area contributed by atoms with Crippen molar-refractivity contribution >= 4 is 0 Å². The molecule has 0 saturated carbocycles. The third-order valence-corrected chi connectivity index (χ3v) is 3.47. The Morgan fingerprint density at radius 2 is 1.62 bits per heavy atom. The van der Waals surface area contributed by atoms with Crippen molar-refractivity contribution in [2.75, 3.05) is 6.54 Å². The van der Waals surface area contributed by atoms with Crippen LogP contribution in [0.2, 0.25) is 0 Å². The monoisotopic (exact) mass is 277 g/mol. The molecule has 0 bridgehead atoms. The fraction of sp³-hybridized carbons (Fsp3) is 0.167. The first-order valence-corrected chi connectivity index (χ1v) is 7.28. The SMILES string of the molecule is CCNC(c1ccccc1)c1ccn(-c2ccccc2)n1. The zero-order chi connectivity index (χ0) is 14.5. The van der Waals surface area contributed by atoms with Crippen LogP contribution in [0, 0.1) is 0 Å². The van der Waals surface area contributed by atoms with Gasteiger partial charge in [-0.25, -0.2) is 4.68 Å². The van der Waals surface area contributed by atoms with Gasteiger partial charge in [0.2, 0.25) is 0 Å². The van der Waals surface area contributed by atoms with Crippen LogP contribution < -0.4 is 5.32 Å². The van der Waals surface area contributed by atoms with Gasteiger partial charge in [0.25, 0.3) is 0 Å². The van der Waals surface area contributed by atoms with Crippen molar-refractivity contribution in [3.8, 4) is 5.69 Å². The zero-order valence-corrected chi connectivity index (χ0v) is 12.1. The quantitative estimate of drug-likeness (QED) is 0.772. The van der Waals surface area contributed by atoms with Crippen LogP contribution in [0.4, 0.5) is 0 Å². The van der Waals surface area contributed by atoms with Gasteiger partial charge in [0, 0.05) is 6.20 Å². The van der Waals surface area contributed by atoms with Crippen LogP contribution >= 0.6 is 0 Å². The fourth-order valence-corrected chi connectivity index (χ4v) is 2.46. The Morgan fingerprint density at radius 3 is 2.29 bits per heavy atom. The predicted octanol–water partition coefficient (Wildman–Crippen LogP) is 3.57. The molecule has 1 aromatic heterocycles. The van der Waals surface area contributed by atoms with E-state index in [0.29, 0.717) is 0 Å². The van der Waals surface area contributed by atoms with Gasteiger partial charge in [-0.05, 0) is 30.3 Å². The number of nitrogens with one attached hydrogen (secondary N) is 1. The van der Waals surface area contributed by atoms with Gasteiger partial charge in [0.15, 0.2) is 0 Å². The van der Waals surface area contributed by atoms with Gasteiger partial charge in [0.05, 0.1) is 17.4 Å². The van der Waals surface area contributed by atoms with E-state index in [1.54, 1.807) is 0 Å². The van der Waals surface area contributed by atoms with Crippen molar-refractivity contribution in [1.82, 2.24) is 15.1 Å². The second kappa shape index (κ2) is 6.37. The molecule has 0 amide bonds. The number of benzene rings is 2. The minimum atomic E-state index is 0.126. The van der Waals surface area contributed by atoms with Crippen LogP contribution in [0.3, 0.4) is 0 Å². The van der Waals surface area contributed by atoms with E-state index in [4.69, 9.17) is 5.10 Å². The van der Waals surface area contributed by atoms with Crippen LogP contribution in [-0.4, -0.2) is 16.3 Å². The zero-order valence-electron chi connectivity index (χ0n) is 12.1. The first-order chi connectivity index (χ1) is 10.4. The van der Waals surface area contributed by atoms with Gasteiger partial charge in [-0.15, -0.1) is 0 Å². The predicted molar refractivity (Wildman–Crippen MR) is 85.5 cm³/mol. The third kappa shape index (κ3) is 3.03. The first-order valence-electron chi connectivity index (χ1n) is 7.28. The minimum Gasteiger partial charge on any atom is -0.305 e. The molecule has 1 heterocycles. The molecule has 0 fully saturated rings. The highest BCUT2D eigenvalue weighted by atomic mass is 15.3. The normalized spacial score (nSPS) is 12.2. The van der Waals surface area contributed by atoms with Crippen LogP contribution in [-0.2, 0) is 0 Å². The Bertz CT molecular complexity index is 674. The molecule has 3 heteroatoms. The highest BCUT2D eigenvalue weighted by molar-refractivity contribution is 5.32. The van der Waals surface area contributed by atoms with E-state index in [2.05, 4.69) is 54.7 Å². The van der Waals surface area contributed by atoms with E-state index >= 15 is 0 Å². The molecule has 0 aliphatic rings. The summed E-state index contributed by atoms with van der Waals surface area (Å²) in [5.74, 6) is 0. The molecule has 0 radical (unpaired) electrons. The third-order valence-electron chi connectivity index (χ3n) is 3.47. The topological polar surface area (TPSA) is 29.9 Å². The van der Waals surface area contributed by atoms with Crippen LogP contribution in [0.1, 0.15) is 24.2 Å². The minimum absolute atomic E-state index is 0.126. The van der Waals surface area contributed by atoms with Crippen molar-refractivity contribution < 1.29 is 0 Å². The molecule has 1 unspecified atom stereocenters. The maximum atomic E-state index is 4.73. The summed E-state index contributed by atoms with van der Waals surface area (Å²) in [4.78, 5) is 0. The summed E-state index contributed by atoms with van der Waals surface area (Å²) in [5.41, 5.74) is 3.34. The molecule has 0 spiro atoms. The second-order valence-corrected chi connectivity index (χ2v) is 4.92. The van der Waals surface area contributed by atoms with Crippen molar-refractivity contribution in [2.45, 2.75) is 13.0 Å². The molecule has 21 heavy (non-hydrogen) atoms. The molecule has 2 aromatic carbocycles. The van der Waals surface area contributed by atoms with Crippen LogP contribution in [0.25, 0.3) is 5.69 Å². The van der Waals surface area contributed by atoms with Gasteiger partial charge in [-0.1, -0.05) is 55.5 Å². The standard InChI is InChI=1S/C18H19N3/c1-2-19-18(15-9-5-3-6-10-15)17-13-14-21(20-17)16-11-7-4-8-12-16/h3-14,18-19H,2H2,1H3. The van der Waals surface area contributed by atoms with E-state index in [0.717, 1.165) is 17.9 Å². The van der Waals surface area contributed by atoms with Crippen LogP contribution in [0.5, 0.6) is 0 Å². The highest BCUT2D eigenvalue weighted by Crippen LogP contribution is 2.21. The second-order valence-electron chi connectivity index (χ2n) is 4.92. The molecule has 3 aromatic rings. The summed E-state index contributed by atoms with van der Waals surface area (Å²) < 4.78 is 1.92. The largest absolute Gasteiger partial charge is 0.305 e. The van der Waals surface area contributed by atoms with Crippen molar-refractivity contribution in [2.24, 2.45) is 0 Å². The van der Waals surface area contributed by atoms with E-state index in [-0.39, 0.29) is 6.04 Å². The maximum absolute atomic E-state index is 4.73. The maximum Gasteiger partial charge on any atom is 0.0843 e. The highest BCUT2D eigenvalue weighted by Gasteiger charge is 2.15. The van der Waals surface area contributed by atoms with Crippen LogP contribution in [0.15, 0.2) is 72.9 Å². The van der Waals surface area contributed by atoms with Crippen molar-refractivity contribution in [1.29, 1.82) is 0 Å². The smallest absolute Gasteiger partial charge is 0.0843 e. The average Bonchev–Trinajstić information content (AvgIpc) is 3.04. The number of nitrogens with zero attached hydrogens (tertiary/aromatic N) is 2. The molecule has 106 valence electrons. The van der Waals surface area contributed by atoms with Gasteiger partial charge in [-0.2, -0.15) is 5.10 Å². The molecule has 0 aliphatic heterocycles. The van der Waals surface area contributed by atoms with E-state index in [1.807, 2.05) is 35.1 Å². The Balaban J connectivity index is 1.93. The lowest BCUT2D eigenvalue weighted by molar-refractivity contribution is 0.607. The molecule has 0 aliphatic carbocycles. The van der Waals surface area contributed by atoms with E-state index in [1.165, 1.54) is 5.56 Å². The lowest BCUT2D eigenvalue weighted by Gasteiger charge is -2.16. The summed E-state index contributed by atoms with van der Waals surface area (Å²) in [7, 11) is 0. The van der Waals surface area contributed by atoms with Gasteiger partial charge in [-0.3, -0.25) is 0 Å². The molecule has 3 rings (SSSR count). The summed E-state index contributed by atoms with van der Waals surface area (Å²) >= 11 is 0. The van der Waals surface area contributed by atoms with Gasteiger partial charge in [0.1, 0.15) is 0 Å². The number of aromatic nitrogens is 2. The number of hydrogen-bond acceptors (Lipinski definition) is 2. The lowest BCUT2D eigenvalue weighted by atomic mass is 10.0. The molecular formula is C18H19N3. The van der Waals surface area contributed by atoms with E-state index in [9.17, 15) is 0 Å². The molecule has 1 atom stereocenters. The van der Waals surface area contributed by atoms with E-state index < -0.39 is 0 Å². The Morgan fingerprint density at radius 1 is 0.952 bits per heavy atom. The Kier molecular flexibility index (Phi) is 4.12. The van der Waals surface area contributed by atoms with Gasteiger partial charge < -0.3 is 5.32 Å². The summed E-state index contributed by atoms with van der Waals surface area (Å²) in [5, 5.41) is 8.23. The summed E-state index contributed by atoms with van der Waals surface area (Å²) in [6.07, 6.45) is 2.01. The van der Waals surface area contributed by atoms with Crippen molar-refractivity contribution in [3.05, 3.63) is 84.2 Å². The lowest BCUT2D eigenvalue weighted by Crippen LogP contribution is -2.22. The first kappa shape index (κ1) is 13.6. The molecular weight excluding hydrogens is 258 g/mol. The number of para-hydroxylation sites is 1. The molecule has 0 saturated heterocycles. The average molecular weight is 277 g/mol. The van der Waals surface area contributed by atoms with Gasteiger partial charge >= 0.3 is 0 Å². The Hall–Kier alpha value is -2.39. The number of hydrogen-bond donors (Lipinski definition) is 1. The molecule has 3 nitrogen and oxygen atoms in total. The number of rotatable bonds is 5. The summed E-state index contributed by atoms with van der Waals surface area (Å²) in [6.45, 7) is 3.02. The van der Waals surface area contributed by atoms with Crippen molar-refractivity contribution in [3.63, 3.8) is 0 Å². The summed E-state index contributed by atoms with van der Waals surface area (Å²) in [6, 6.07) is 22.8. The fourth-order valence-electron chi connectivity index (χ4n) is 2.46. The Labute approximate surface area is 125 Å². The molecule has 1 N–H and O–H groups in total.